The average molecular weight is 335 g/mol. The van der Waals surface area contributed by atoms with Gasteiger partial charge in [-0.3, -0.25) is 14.7 Å². The Morgan fingerprint density at radius 2 is 1.64 bits per heavy atom. The van der Waals surface area contributed by atoms with E-state index in [9.17, 15) is 4.79 Å². The van der Waals surface area contributed by atoms with Crippen molar-refractivity contribution < 1.29 is 4.79 Å². The molecule has 25 heavy (non-hydrogen) atoms. The number of rotatable bonds is 3. The zero-order valence-electron chi connectivity index (χ0n) is 14.6. The molecule has 0 unspecified atom stereocenters. The molecule has 1 aromatic heterocycles. The maximum absolute atomic E-state index is 12.7. The van der Waals surface area contributed by atoms with Gasteiger partial charge in [-0.1, -0.05) is 30.3 Å². The normalized spacial score (nSPS) is 20.6. The lowest BCUT2D eigenvalue weighted by atomic mass is 9.79. The number of hydrogen-bond acceptors (Lipinski definition) is 3. The van der Waals surface area contributed by atoms with Crippen molar-refractivity contribution in [3.63, 3.8) is 0 Å². The monoisotopic (exact) mass is 335 g/mol. The largest absolute Gasteiger partial charge is 0.338 e. The van der Waals surface area contributed by atoms with Crippen LogP contribution in [-0.2, 0) is 5.54 Å². The van der Waals surface area contributed by atoms with Gasteiger partial charge in [0.05, 0.1) is 5.56 Å². The fraction of sp³-hybridized carbons (Fsp3) is 0.429. The van der Waals surface area contributed by atoms with Gasteiger partial charge in [-0.25, -0.2) is 0 Å². The minimum atomic E-state index is 0.0868. The third kappa shape index (κ3) is 3.07. The first-order valence-electron chi connectivity index (χ1n) is 9.29. The standard InChI is InChI=1S/C21H25N3O/c25-20(18-7-6-12-22-17-18)23-15-10-21(11-16-23,24-13-4-5-14-24)19-8-2-1-3-9-19/h1-3,6-9,12,17H,4-5,10-11,13-16H2. The summed E-state index contributed by atoms with van der Waals surface area (Å²) in [5.74, 6) is 0.108. The third-order valence-electron chi connectivity index (χ3n) is 5.81. The molecule has 0 saturated carbocycles. The van der Waals surface area contributed by atoms with E-state index >= 15 is 0 Å². The molecular formula is C21H25N3O. The van der Waals surface area contributed by atoms with Crippen molar-refractivity contribution in [2.75, 3.05) is 26.2 Å². The van der Waals surface area contributed by atoms with E-state index < -0.39 is 0 Å². The molecule has 0 bridgehead atoms. The van der Waals surface area contributed by atoms with E-state index in [1.54, 1.807) is 12.4 Å². The zero-order chi connectivity index (χ0) is 17.1. The van der Waals surface area contributed by atoms with Crippen LogP contribution in [0.2, 0.25) is 0 Å². The highest BCUT2D eigenvalue weighted by Gasteiger charge is 2.42. The number of amides is 1. The molecule has 2 saturated heterocycles. The first-order valence-corrected chi connectivity index (χ1v) is 9.29. The van der Waals surface area contributed by atoms with Gasteiger partial charge in [-0.2, -0.15) is 0 Å². The SMILES string of the molecule is O=C(c1cccnc1)N1CCC(c2ccccc2)(N2CCCC2)CC1. The summed E-state index contributed by atoms with van der Waals surface area (Å²) in [7, 11) is 0. The van der Waals surface area contributed by atoms with Gasteiger partial charge in [-0.05, 0) is 56.5 Å². The summed E-state index contributed by atoms with van der Waals surface area (Å²) >= 11 is 0. The highest BCUT2D eigenvalue weighted by atomic mass is 16.2. The van der Waals surface area contributed by atoms with Crippen LogP contribution in [0, 0.1) is 0 Å². The summed E-state index contributed by atoms with van der Waals surface area (Å²) in [6.07, 6.45) is 7.95. The van der Waals surface area contributed by atoms with Gasteiger partial charge in [0.25, 0.3) is 5.91 Å². The van der Waals surface area contributed by atoms with E-state index in [-0.39, 0.29) is 11.4 Å². The lowest BCUT2D eigenvalue weighted by Gasteiger charge is -2.48. The molecule has 4 rings (SSSR count). The van der Waals surface area contributed by atoms with Crippen LogP contribution in [-0.4, -0.2) is 46.9 Å². The fourth-order valence-corrected chi connectivity index (χ4v) is 4.43. The van der Waals surface area contributed by atoms with Crippen molar-refractivity contribution >= 4 is 5.91 Å². The topological polar surface area (TPSA) is 36.4 Å². The summed E-state index contributed by atoms with van der Waals surface area (Å²) in [5.41, 5.74) is 2.19. The van der Waals surface area contributed by atoms with Crippen molar-refractivity contribution in [1.29, 1.82) is 0 Å². The second kappa shape index (κ2) is 6.96. The molecule has 0 atom stereocenters. The summed E-state index contributed by atoms with van der Waals surface area (Å²) in [6, 6.07) is 14.6. The second-order valence-corrected chi connectivity index (χ2v) is 7.13. The highest BCUT2D eigenvalue weighted by Crippen LogP contribution is 2.41. The van der Waals surface area contributed by atoms with E-state index in [1.807, 2.05) is 17.0 Å². The van der Waals surface area contributed by atoms with Gasteiger partial charge in [0.2, 0.25) is 0 Å². The van der Waals surface area contributed by atoms with Crippen molar-refractivity contribution in [1.82, 2.24) is 14.8 Å². The maximum Gasteiger partial charge on any atom is 0.255 e. The number of likely N-dealkylation sites (tertiary alicyclic amines) is 2. The van der Waals surface area contributed by atoms with Crippen molar-refractivity contribution in [2.45, 2.75) is 31.2 Å². The Labute approximate surface area is 149 Å². The molecular weight excluding hydrogens is 310 g/mol. The number of pyridine rings is 1. The zero-order valence-corrected chi connectivity index (χ0v) is 14.6. The smallest absolute Gasteiger partial charge is 0.255 e. The summed E-state index contributed by atoms with van der Waals surface area (Å²) < 4.78 is 0. The molecule has 0 radical (unpaired) electrons. The highest BCUT2D eigenvalue weighted by molar-refractivity contribution is 5.93. The minimum Gasteiger partial charge on any atom is -0.338 e. The quantitative estimate of drug-likeness (QED) is 0.863. The van der Waals surface area contributed by atoms with Crippen LogP contribution in [0.15, 0.2) is 54.9 Å². The molecule has 0 spiro atoms. The molecule has 1 amide bonds. The lowest BCUT2D eigenvalue weighted by Crippen LogP contribution is -2.53. The molecule has 4 nitrogen and oxygen atoms in total. The Morgan fingerprint density at radius 1 is 0.920 bits per heavy atom. The van der Waals surface area contributed by atoms with E-state index in [0.717, 1.165) is 25.9 Å². The van der Waals surface area contributed by atoms with Crippen LogP contribution in [0.1, 0.15) is 41.6 Å². The van der Waals surface area contributed by atoms with Gasteiger partial charge >= 0.3 is 0 Å². The van der Waals surface area contributed by atoms with Crippen LogP contribution in [0.5, 0.6) is 0 Å². The molecule has 0 N–H and O–H groups in total. The Bertz CT molecular complexity index is 702. The van der Waals surface area contributed by atoms with Crippen LogP contribution in [0.25, 0.3) is 0 Å². The van der Waals surface area contributed by atoms with Crippen LogP contribution in [0.3, 0.4) is 0 Å². The minimum absolute atomic E-state index is 0.0868. The Hall–Kier alpha value is -2.20. The predicted molar refractivity (Wildman–Crippen MR) is 98.3 cm³/mol. The average Bonchev–Trinajstić information content (AvgIpc) is 3.24. The number of benzene rings is 1. The van der Waals surface area contributed by atoms with Crippen molar-refractivity contribution in [3.8, 4) is 0 Å². The van der Waals surface area contributed by atoms with Crippen LogP contribution in [0.4, 0.5) is 0 Å². The van der Waals surface area contributed by atoms with Crippen molar-refractivity contribution in [2.24, 2.45) is 0 Å². The molecule has 2 fully saturated rings. The first-order chi connectivity index (χ1) is 12.3. The second-order valence-electron chi connectivity index (χ2n) is 7.13. The van der Waals surface area contributed by atoms with Gasteiger partial charge in [0.15, 0.2) is 0 Å². The summed E-state index contributed by atoms with van der Waals surface area (Å²) in [4.78, 5) is 21.5. The van der Waals surface area contributed by atoms with E-state index in [4.69, 9.17) is 0 Å². The molecule has 4 heteroatoms. The maximum atomic E-state index is 12.7. The molecule has 2 aliphatic heterocycles. The van der Waals surface area contributed by atoms with Crippen molar-refractivity contribution in [3.05, 3.63) is 66.0 Å². The number of piperidine rings is 1. The number of aromatic nitrogens is 1. The third-order valence-corrected chi connectivity index (χ3v) is 5.81. The lowest BCUT2D eigenvalue weighted by molar-refractivity contribution is 0.0294. The number of hydrogen-bond donors (Lipinski definition) is 0. The van der Waals surface area contributed by atoms with Crippen LogP contribution >= 0.6 is 0 Å². The Morgan fingerprint density at radius 3 is 2.28 bits per heavy atom. The van der Waals surface area contributed by atoms with Gasteiger partial charge in [-0.15, -0.1) is 0 Å². The van der Waals surface area contributed by atoms with Gasteiger partial charge < -0.3 is 4.90 Å². The summed E-state index contributed by atoms with van der Waals surface area (Å²) in [5, 5.41) is 0. The van der Waals surface area contributed by atoms with Gasteiger partial charge in [0, 0.05) is 31.0 Å². The predicted octanol–water partition coefficient (Wildman–Crippen LogP) is 3.31. The first kappa shape index (κ1) is 16.3. The molecule has 1 aromatic carbocycles. The van der Waals surface area contributed by atoms with Gasteiger partial charge in [0.1, 0.15) is 0 Å². The Balaban J connectivity index is 1.55. The van der Waals surface area contributed by atoms with E-state index in [0.29, 0.717) is 5.56 Å². The molecule has 0 aliphatic carbocycles. The van der Waals surface area contributed by atoms with E-state index in [1.165, 1.54) is 31.5 Å². The number of nitrogens with zero attached hydrogens (tertiary/aromatic N) is 3. The Kier molecular flexibility index (Phi) is 4.53. The molecule has 2 aromatic rings. The van der Waals surface area contributed by atoms with Crippen LogP contribution < -0.4 is 0 Å². The molecule has 2 aliphatic rings. The molecule has 130 valence electrons. The molecule has 3 heterocycles. The summed E-state index contributed by atoms with van der Waals surface area (Å²) in [6.45, 7) is 3.95. The number of carbonyl (C=O) groups excluding carboxylic acids is 1. The fourth-order valence-electron chi connectivity index (χ4n) is 4.43. The van der Waals surface area contributed by atoms with E-state index in [2.05, 4.69) is 40.2 Å². The number of carbonyl (C=O) groups is 1.